The molecule has 32 heavy (non-hydrogen) atoms. The third-order valence-corrected chi connectivity index (χ3v) is 6.08. The molecule has 1 unspecified atom stereocenters. The molecule has 0 radical (unpaired) electrons. The number of aryl methyl sites for hydroxylation is 1. The first kappa shape index (κ1) is 21.6. The Morgan fingerprint density at radius 3 is 2.66 bits per heavy atom. The summed E-state index contributed by atoms with van der Waals surface area (Å²) in [4.78, 5) is 25.2. The second-order valence-corrected chi connectivity index (χ2v) is 8.35. The smallest absolute Gasteiger partial charge is 0.251 e. The van der Waals surface area contributed by atoms with Gasteiger partial charge in [-0.3, -0.25) is 9.59 Å². The number of carbonyl (C=O) groups is 2. The molecule has 7 nitrogen and oxygen atoms in total. The molecule has 1 atom stereocenters. The quantitative estimate of drug-likeness (QED) is 0.417. The van der Waals surface area contributed by atoms with Crippen molar-refractivity contribution in [1.82, 2.24) is 20.1 Å². The highest BCUT2D eigenvalue weighted by Crippen LogP contribution is 2.24. The Kier molecular flexibility index (Phi) is 6.51. The minimum absolute atomic E-state index is 0.172. The Bertz CT molecular complexity index is 1260. The van der Waals surface area contributed by atoms with Gasteiger partial charge in [0.15, 0.2) is 5.16 Å². The van der Waals surface area contributed by atoms with Crippen LogP contribution in [0.1, 0.15) is 28.9 Å². The molecule has 2 amide bonds. The summed E-state index contributed by atoms with van der Waals surface area (Å²) in [6, 6.07) is 20.9. The Morgan fingerprint density at radius 2 is 1.84 bits per heavy atom. The average Bonchev–Trinajstić information content (AvgIpc) is 3.22. The van der Waals surface area contributed by atoms with E-state index in [0.29, 0.717) is 16.4 Å². The fourth-order valence-corrected chi connectivity index (χ4v) is 4.14. The molecule has 0 aliphatic rings. The highest BCUT2D eigenvalue weighted by molar-refractivity contribution is 7.99. The molecule has 0 aliphatic heterocycles. The summed E-state index contributed by atoms with van der Waals surface area (Å²) in [5.41, 5.74) is 2.11. The molecular formula is C24H23N5O2S. The summed E-state index contributed by atoms with van der Waals surface area (Å²) < 4.78 is 1.75. The van der Waals surface area contributed by atoms with Crippen LogP contribution >= 0.6 is 11.8 Å². The van der Waals surface area contributed by atoms with Crippen LogP contribution in [-0.4, -0.2) is 32.3 Å². The number of nitrogens with one attached hydrogen (secondary N) is 2. The van der Waals surface area contributed by atoms with E-state index in [9.17, 15) is 9.59 Å². The number of hydrogen-bond acceptors (Lipinski definition) is 5. The van der Waals surface area contributed by atoms with Gasteiger partial charge in [0.2, 0.25) is 5.91 Å². The molecule has 0 aliphatic carbocycles. The number of nitrogens with zero attached hydrogens (tertiary/aromatic N) is 3. The first-order valence-electron chi connectivity index (χ1n) is 10.2. The van der Waals surface area contributed by atoms with E-state index >= 15 is 0 Å². The van der Waals surface area contributed by atoms with E-state index < -0.39 is 0 Å². The second-order valence-electron chi connectivity index (χ2n) is 7.41. The predicted molar refractivity (Wildman–Crippen MR) is 127 cm³/mol. The molecule has 0 saturated heterocycles. The molecule has 8 heteroatoms. The summed E-state index contributed by atoms with van der Waals surface area (Å²) >= 11 is 1.30. The zero-order chi connectivity index (χ0) is 22.5. The molecule has 1 heterocycles. The van der Waals surface area contributed by atoms with Crippen molar-refractivity contribution in [2.45, 2.75) is 18.1 Å². The number of rotatable bonds is 7. The third-order valence-electron chi connectivity index (χ3n) is 5.05. The van der Waals surface area contributed by atoms with Gasteiger partial charge in [-0.15, -0.1) is 10.2 Å². The molecule has 0 fully saturated rings. The summed E-state index contributed by atoms with van der Waals surface area (Å²) in [5, 5.41) is 16.5. The van der Waals surface area contributed by atoms with E-state index in [0.717, 1.165) is 16.3 Å². The number of benzene rings is 3. The minimum atomic E-state index is -0.199. The van der Waals surface area contributed by atoms with Crippen LogP contribution < -0.4 is 10.6 Å². The zero-order valence-corrected chi connectivity index (χ0v) is 18.6. The number of hydrogen-bond donors (Lipinski definition) is 2. The average molecular weight is 446 g/mol. The number of fused-ring (bicyclic) bond motifs is 1. The van der Waals surface area contributed by atoms with E-state index in [4.69, 9.17) is 0 Å². The maximum Gasteiger partial charge on any atom is 0.251 e. The molecule has 4 aromatic rings. The lowest BCUT2D eigenvalue weighted by Crippen LogP contribution is -2.27. The van der Waals surface area contributed by atoms with Crippen molar-refractivity contribution in [1.29, 1.82) is 0 Å². The van der Waals surface area contributed by atoms with Gasteiger partial charge in [0.25, 0.3) is 5.91 Å². The first-order chi connectivity index (χ1) is 15.5. The topological polar surface area (TPSA) is 88.9 Å². The van der Waals surface area contributed by atoms with Gasteiger partial charge in [-0.05, 0) is 41.5 Å². The molecule has 3 aromatic carbocycles. The predicted octanol–water partition coefficient (Wildman–Crippen LogP) is 4.19. The zero-order valence-electron chi connectivity index (χ0n) is 17.8. The van der Waals surface area contributed by atoms with Gasteiger partial charge in [-0.2, -0.15) is 0 Å². The van der Waals surface area contributed by atoms with E-state index in [1.165, 1.54) is 11.8 Å². The Balaban J connectivity index is 1.40. The molecular weight excluding hydrogens is 422 g/mol. The number of carbonyl (C=O) groups excluding carboxylic acids is 2. The van der Waals surface area contributed by atoms with Crippen LogP contribution in [0.4, 0.5) is 5.69 Å². The van der Waals surface area contributed by atoms with Gasteiger partial charge in [0.1, 0.15) is 6.33 Å². The summed E-state index contributed by atoms with van der Waals surface area (Å²) in [5.74, 6) is -0.184. The molecule has 0 bridgehead atoms. The van der Waals surface area contributed by atoms with Crippen molar-refractivity contribution < 1.29 is 9.59 Å². The molecule has 2 N–H and O–H groups in total. The van der Waals surface area contributed by atoms with E-state index in [2.05, 4.69) is 39.0 Å². The lowest BCUT2D eigenvalue weighted by molar-refractivity contribution is -0.113. The van der Waals surface area contributed by atoms with Crippen molar-refractivity contribution in [3.8, 4) is 0 Å². The monoisotopic (exact) mass is 445 g/mol. The Hall–Kier alpha value is -3.65. The van der Waals surface area contributed by atoms with Crippen molar-refractivity contribution in [3.63, 3.8) is 0 Å². The maximum absolute atomic E-state index is 12.9. The summed E-state index contributed by atoms with van der Waals surface area (Å²) in [7, 11) is 1.82. The van der Waals surface area contributed by atoms with Crippen LogP contribution in [0.5, 0.6) is 0 Å². The fraction of sp³-hybridized carbons (Fsp3) is 0.167. The lowest BCUT2D eigenvalue weighted by Gasteiger charge is -2.17. The molecule has 0 saturated carbocycles. The highest BCUT2D eigenvalue weighted by Gasteiger charge is 2.15. The standard InChI is InChI=1S/C24H23N5O2S/c1-16(20-12-6-8-17-7-3-4-11-21(17)20)26-23(31)18-9-5-10-19(13-18)27-22(30)14-32-24-28-25-15-29(24)2/h3-13,15-16H,14H2,1-2H3,(H,26,31)(H,27,30). The number of amides is 2. The SMILES string of the molecule is CC(NC(=O)c1cccc(NC(=O)CSc2nncn2C)c1)c1cccc2ccccc12. The van der Waals surface area contributed by atoms with Gasteiger partial charge >= 0.3 is 0 Å². The molecule has 1 aromatic heterocycles. The van der Waals surface area contributed by atoms with Crippen LogP contribution in [-0.2, 0) is 11.8 Å². The second kappa shape index (κ2) is 9.65. The van der Waals surface area contributed by atoms with Crippen LogP contribution in [0.25, 0.3) is 10.8 Å². The van der Waals surface area contributed by atoms with Gasteiger partial charge in [-0.25, -0.2) is 0 Å². The number of anilines is 1. The van der Waals surface area contributed by atoms with Gasteiger partial charge in [0, 0.05) is 18.3 Å². The van der Waals surface area contributed by atoms with Crippen LogP contribution in [0, 0.1) is 0 Å². The van der Waals surface area contributed by atoms with Gasteiger partial charge in [-0.1, -0.05) is 60.3 Å². The lowest BCUT2D eigenvalue weighted by atomic mass is 9.99. The molecule has 162 valence electrons. The fourth-order valence-electron chi connectivity index (χ4n) is 3.45. The van der Waals surface area contributed by atoms with Crippen LogP contribution in [0.2, 0.25) is 0 Å². The van der Waals surface area contributed by atoms with Crippen molar-refractivity contribution in [3.05, 3.63) is 84.2 Å². The van der Waals surface area contributed by atoms with E-state index in [-0.39, 0.29) is 23.6 Å². The van der Waals surface area contributed by atoms with E-state index in [1.807, 2.05) is 38.2 Å². The van der Waals surface area contributed by atoms with Crippen molar-refractivity contribution in [2.24, 2.45) is 7.05 Å². The Labute approximate surface area is 190 Å². The van der Waals surface area contributed by atoms with Crippen LogP contribution in [0.15, 0.2) is 78.2 Å². The minimum Gasteiger partial charge on any atom is -0.345 e. The summed E-state index contributed by atoms with van der Waals surface area (Å²) in [6.45, 7) is 1.97. The van der Waals surface area contributed by atoms with E-state index in [1.54, 1.807) is 35.2 Å². The maximum atomic E-state index is 12.9. The number of thioether (sulfide) groups is 1. The molecule has 4 rings (SSSR count). The van der Waals surface area contributed by atoms with Crippen molar-refractivity contribution >= 4 is 40.0 Å². The highest BCUT2D eigenvalue weighted by atomic mass is 32.2. The van der Waals surface area contributed by atoms with Crippen molar-refractivity contribution in [2.75, 3.05) is 11.1 Å². The first-order valence-corrected chi connectivity index (χ1v) is 11.1. The Morgan fingerprint density at radius 1 is 1.06 bits per heavy atom. The number of aromatic nitrogens is 3. The largest absolute Gasteiger partial charge is 0.345 e. The van der Waals surface area contributed by atoms with Gasteiger partial charge in [0.05, 0.1) is 11.8 Å². The van der Waals surface area contributed by atoms with Crippen LogP contribution in [0.3, 0.4) is 0 Å². The summed E-state index contributed by atoms with van der Waals surface area (Å²) in [6.07, 6.45) is 1.58. The normalized spacial score (nSPS) is 11.8. The third kappa shape index (κ3) is 4.97. The molecule has 0 spiro atoms. The van der Waals surface area contributed by atoms with Gasteiger partial charge < -0.3 is 15.2 Å².